The lowest BCUT2D eigenvalue weighted by Gasteiger charge is -2.25. The Bertz CT molecular complexity index is 391. The first-order valence-corrected chi connectivity index (χ1v) is 6.86. The van der Waals surface area contributed by atoms with Crippen molar-refractivity contribution < 1.29 is 9.50 Å². The molecular weight excluding hydrogens is 253 g/mol. The molecule has 2 N–H and O–H groups in total. The monoisotopic (exact) mass is 271 g/mol. The summed E-state index contributed by atoms with van der Waals surface area (Å²) in [5, 5.41) is 13.0. The highest BCUT2D eigenvalue weighted by molar-refractivity contribution is 6.31. The molecule has 0 atom stereocenters. The van der Waals surface area contributed by atoms with Crippen LogP contribution in [0.25, 0.3) is 0 Å². The van der Waals surface area contributed by atoms with Crippen LogP contribution in [0.3, 0.4) is 0 Å². The van der Waals surface area contributed by atoms with E-state index < -0.39 is 0 Å². The summed E-state index contributed by atoms with van der Waals surface area (Å²) in [6, 6.07) is 4.88. The van der Waals surface area contributed by atoms with Gasteiger partial charge in [-0.2, -0.15) is 0 Å². The van der Waals surface area contributed by atoms with Crippen LogP contribution in [0.15, 0.2) is 18.2 Å². The number of nitrogens with one attached hydrogen (secondary N) is 1. The molecule has 1 aromatic carbocycles. The smallest absolute Gasteiger partial charge is 0.142 e. The molecule has 1 aliphatic rings. The van der Waals surface area contributed by atoms with Crippen LogP contribution in [0.5, 0.6) is 0 Å². The van der Waals surface area contributed by atoms with E-state index in [0.717, 1.165) is 37.8 Å². The summed E-state index contributed by atoms with van der Waals surface area (Å²) in [7, 11) is 0. The maximum atomic E-state index is 13.2. The molecule has 0 unspecified atom stereocenters. The number of benzene rings is 1. The quantitative estimate of drug-likeness (QED) is 0.882. The van der Waals surface area contributed by atoms with Crippen molar-refractivity contribution in [3.63, 3.8) is 0 Å². The average Bonchev–Trinajstić information content (AvgIpc) is 2.37. The predicted molar refractivity (Wildman–Crippen MR) is 71.1 cm³/mol. The Morgan fingerprint density at radius 1 is 1.28 bits per heavy atom. The molecule has 1 aliphatic carbocycles. The lowest BCUT2D eigenvalue weighted by Crippen LogP contribution is -2.27. The molecule has 2 nitrogen and oxygen atoms in total. The molecular formula is C14H19ClFNO. The first-order valence-electron chi connectivity index (χ1n) is 6.48. The number of aliphatic hydroxyl groups is 1. The fraction of sp³-hybridized carbons (Fsp3) is 0.571. The summed E-state index contributed by atoms with van der Waals surface area (Å²) in [4.78, 5) is 0. The molecule has 0 saturated heterocycles. The summed E-state index contributed by atoms with van der Waals surface area (Å²) in [5.41, 5.74) is 0.799. The summed E-state index contributed by atoms with van der Waals surface area (Å²) in [6.45, 7) is 1.50. The number of rotatable bonds is 4. The molecule has 0 radical (unpaired) electrons. The van der Waals surface area contributed by atoms with Gasteiger partial charge in [0.1, 0.15) is 5.82 Å². The number of aliphatic hydroxyl groups excluding tert-OH is 1. The largest absolute Gasteiger partial charge is 0.393 e. The van der Waals surface area contributed by atoms with Crippen molar-refractivity contribution in [3.8, 4) is 0 Å². The Kier molecular flexibility index (Phi) is 4.98. The van der Waals surface area contributed by atoms with Gasteiger partial charge in [-0.05, 0) is 49.8 Å². The summed E-state index contributed by atoms with van der Waals surface area (Å²) in [6.07, 6.45) is 3.80. The molecule has 0 aromatic heterocycles. The molecule has 0 amide bonds. The molecule has 0 bridgehead atoms. The van der Waals surface area contributed by atoms with Gasteiger partial charge >= 0.3 is 0 Å². The van der Waals surface area contributed by atoms with E-state index in [0.29, 0.717) is 12.5 Å². The van der Waals surface area contributed by atoms with Crippen molar-refractivity contribution in [3.05, 3.63) is 34.6 Å². The zero-order valence-corrected chi connectivity index (χ0v) is 11.1. The maximum Gasteiger partial charge on any atom is 0.142 e. The highest BCUT2D eigenvalue weighted by atomic mass is 35.5. The minimum Gasteiger partial charge on any atom is -0.393 e. The molecule has 1 aromatic rings. The topological polar surface area (TPSA) is 32.3 Å². The van der Waals surface area contributed by atoms with Crippen LogP contribution in [-0.2, 0) is 6.54 Å². The van der Waals surface area contributed by atoms with Crippen LogP contribution in [0.1, 0.15) is 31.2 Å². The van der Waals surface area contributed by atoms with E-state index in [9.17, 15) is 9.50 Å². The minimum absolute atomic E-state index is 0.112. The first kappa shape index (κ1) is 13.8. The average molecular weight is 272 g/mol. The molecule has 0 spiro atoms. The van der Waals surface area contributed by atoms with Gasteiger partial charge in [-0.25, -0.2) is 4.39 Å². The third-order valence-electron chi connectivity index (χ3n) is 3.60. The SMILES string of the molecule is OC1CCC(CNCc2cccc(F)c2Cl)CC1. The maximum absolute atomic E-state index is 13.2. The Morgan fingerprint density at radius 3 is 2.72 bits per heavy atom. The van der Waals surface area contributed by atoms with Crippen LogP contribution >= 0.6 is 11.6 Å². The second-order valence-corrected chi connectivity index (χ2v) is 5.40. The highest BCUT2D eigenvalue weighted by Crippen LogP contribution is 2.24. The van der Waals surface area contributed by atoms with Crippen molar-refractivity contribution in [2.24, 2.45) is 5.92 Å². The first-order chi connectivity index (χ1) is 8.66. The van der Waals surface area contributed by atoms with Gasteiger partial charge in [-0.1, -0.05) is 23.7 Å². The van der Waals surface area contributed by atoms with E-state index in [2.05, 4.69) is 5.32 Å². The highest BCUT2D eigenvalue weighted by Gasteiger charge is 2.18. The third kappa shape index (κ3) is 3.67. The van der Waals surface area contributed by atoms with E-state index >= 15 is 0 Å². The van der Waals surface area contributed by atoms with Gasteiger partial charge in [0.15, 0.2) is 0 Å². The van der Waals surface area contributed by atoms with Gasteiger partial charge in [0.05, 0.1) is 11.1 Å². The Morgan fingerprint density at radius 2 is 2.00 bits per heavy atom. The van der Waals surface area contributed by atoms with Crippen LogP contribution in [0, 0.1) is 11.7 Å². The molecule has 0 heterocycles. The Balaban J connectivity index is 1.77. The molecule has 18 heavy (non-hydrogen) atoms. The van der Waals surface area contributed by atoms with Gasteiger partial charge < -0.3 is 10.4 Å². The van der Waals surface area contributed by atoms with E-state index in [1.54, 1.807) is 6.07 Å². The Hall–Kier alpha value is -0.640. The van der Waals surface area contributed by atoms with Gasteiger partial charge in [0.2, 0.25) is 0 Å². The third-order valence-corrected chi connectivity index (χ3v) is 4.02. The van der Waals surface area contributed by atoms with Crippen molar-refractivity contribution in [1.29, 1.82) is 0 Å². The summed E-state index contributed by atoms with van der Waals surface area (Å²) >= 11 is 5.89. The molecule has 1 fully saturated rings. The minimum atomic E-state index is -0.364. The molecule has 4 heteroatoms. The van der Waals surface area contributed by atoms with Crippen LogP contribution in [0.4, 0.5) is 4.39 Å². The number of halogens is 2. The predicted octanol–water partition coefficient (Wildman–Crippen LogP) is 3.12. The number of hydrogen-bond acceptors (Lipinski definition) is 2. The molecule has 100 valence electrons. The molecule has 0 aliphatic heterocycles. The fourth-order valence-electron chi connectivity index (χ4n) is 2.44. The summed E-state index contributed by atoms with van der Waals surface area (Å²) in [5.74, 6) is 0.248. The standard InChI is InChI=1S/C14H19ClFNO/c15-14-11(2-1-3-13(14)16)9-17-8-10-4-6-12(18)7-5-10/h1-3,10,12,17-18H,4-9H2. The number of hydrogen-bond donors (Lipinski definition) is 2. The van der Waals surface area contributed by atoms with Gasteiger partial charge in [0.25, 0.3) is 0 Å². The van der Waals surface area contributed by atoms with Crippen molar-refractivity contribution in [2.75, 3.05) is 6.54 Å². The normalized spacial score (nSPS) is 24.2. The van der Waals surface area contributed by atoms with Crippen LogP contribution in [0.2, 0.25) is 5.02 Å². The lowest BCUT2D eigenvalue weighted by molar-refractivity contribution is 0.108. The van der Waals surface area contributed by atoms with Crippen LogP contribution in [-0.4, -0.2) is 17.8 Å². The van der Waals surface area contributed by atoms with Crippen molar-refractivity contribution in [2.45, 2.75) is 38.3 Å². The van der Waals surface area contributed by atoms with E-state index in [1.165, 1.54) is 6.07 Å². The van der Waals surface area contributed by atoms with Crippen LogP contribution < -0.4 is 5.32 Å². The fourth-order valence-corrected chi connectivity index (χ4v) is 2.64. The summed E-state index contributed by atoms with van der Waals surface area (Å²) < 4.78 is 13.2. The van der Waals surface area contributed by atoms with E-state index in [4.69, 9.17) is 11.6 Å². The van der Waals surface area contributed by atoms with E-state index in [-0.39, 0.29) is 16.9 Å². The zero-order valence-electron chi connectivity index (χ0n) is 10.3. The zero-order chi connectivity index (χ0) is 13.0. The second kappa shape index (κ2) is 6.50. The van der Waals surface area contributed by atoms with E-state index in [1.807, 2.05) is 6.07 Å². The van der Waals surface area contributed by atoms with Crippen molar-refractivity contribution in [1.82, 2.24) is 5.32 Å². The second-order valence-electron chi connectivity index (χ2n) is 5.02. The van der Waals surface area contributed by atoms with Gasteiger partial charge in [-0.3, -0.25) is 0 Å². The lowest BCUT2D eigenvalue weighted by atomic mass is 9.87. The Labute approximate surface area is 112 Å². The van der Waals surface area contributed by atoms with Gasteiger partial charge in [-0.15, -0.1) is 0 Å². The molecule has 2 rings (SSSR count). The molecule has 1 saturated carbocycles. The van der Waals surface area contributed by atoms with Crippen molar-refractivity contribution >= 4 is 11.6 Å². The van der Waals surface area contributed by atoms with Gasteiger partial charge in [0, 0.05) is 6.54 Å².